The molecule has 0 spiro atoms. The van der Waals surface area contributed by atoms with Gasteiger partial charge in [0.25, 0.3) is 0 Å². The number of carbonyl (C=O) groups excluding carboxylic acids is 1. The zero-order valence-corrected chi connectivity index (χ0v) is 16.2. The number of aromatic nitrogens is 1. The van der Waals surface area contributed by atoms with Crippen molar-refractivity contribution in [2.24, 2.45) is 0 Å². The molecule has 28 heavy (non-hydrogen) atoms. The van der Waals surface area contributed by atoms with Crippen molar-refractivity contribution in [1.82, 2.24) is 9.88 Å². The highest BCUT2D eigenvalue weighted by molar-refractivity contribution is 5.85. The van der Waals surface area contributed by atoms with Crippen molar-refractivity contribution in [2.75, 3.05) is 0 Å². The highest BCUT2D eigenvalue weighted by atomic mass is 19.1. The Labute approximate surface area is 165 Å². The van der Waals surface area contributed by atoms with Crippen LogP contribution in [0, 0.1) is 5.82 Å². The van der Waals surface area contributed by atoms with Crippen molar-refractivity contribution < 1.29 is 9.18 Å². The van der Waals surface area contributed by atoms with Crippen molar-refractivity contribution >= 4 is 16.8 Å². The molecule has 1 aliphatic carbocycles. The van der Waals surface area contributed by atoms with Crippen molar-refractivity contribution in [3.63, 3.8) is 0 Å². The number of carbonyl (C=O) groups is 1. The lowest BCUT2D eigenvalue weighted by atomic mass is 9.95. The van der Waals surface area contributed by atoms with Gasteiger partial charge in [-0.15, -0.1) is 0 Å². The van der Waals surface area contributed by atoms with Gasteiger partial charge >= 0.3 is 0 Å². The van der Waals surface area contributed by atoms with Gasteiger partial charge < -0.3 is 9.88 Å². The van der Waals surface area contributed by atoms with Gasteiger partial charge in [-0.25, -0.2) is 4.39 Å². The molecule has 4 heteroatoms. The molecule has 2 aromatic carbocycles. The van der Waals surface area contributed by atoms with E-state index in [1.807, 2.05) is 24.3 Å². The predicted molar refractivity (Wildman–Crippen MR) is 111 cm³/mol. The average molecular weight is 378 g/mol. The number of fused-ring (bicyclic) bond motifs is 1. The lowest BCUT2D eigenvalue weighted by molar-refractivity contribution is -0.121. The van der Waals surface area contributed by atoms with Gasteiger partial charge in [-0.3, -0.25) is 4.79 Å². The monoisotopic (exact) mass is 378 g/mol. The molecule has 0 unspecified atom stereocenters. The number of nitrogens with one attached hydrogen (secondary N) is 1. The average Bonchev–Trinajstić information content (AvgIpc) is 3.07. The molecule has 146 valence electrons. The molecule has 1 heterocycles. The quantitative estimate of drug-likeness (QED) is 0.628. The highest BCUT2D eigenvalue weighted by Crippen LogP contribution is 2.24. The van der Waals surface area contributed by atoms with E-state index in [1.165, 1.54) is 42.3 Å². The fourth-order valence-electron chi connectivity index (χ4n) is 4.23. The van der Waals surface area contributed by atoms with Crippen LogP contribution in [0.15, 0.2) is 54.7 Å². The minimum absolute atomic E-state index is 0.155. The molecule has 3 nitrogen and oxygen atoms in total. The first kappa shape index (κ1) is 18.7. The second kappa shape index (κ2) is 8.59. The number of nitrogens with zero attached hydrogens (tertiary/aromatic N) is 1. The van der Waals surface area contributed by atoms with Crippen LogP contribution in [0.2, 0.25) is 0 Å². The summed E-state index contributed by atoms with van der Waals surface area (Å²) < 4.78 is 15.4. The van der Waals surface area contributed by atoms with Gasteiger partial charge in [-0.05, 0) is 48.6 Å². The molecule has 0 saturated heterocycles. The normalized spacial score (nSPS) is 15.0. The van der Waals surface area contributed by atoms with E-state index in [-0.39, 0.29) is 11.7 Å². The standard InChI is InChI=1S/C24H27FN2O/c25-20-13-10-18(11-14-20)16-27-17-19(22-8-4-5-9-23(22)27)12-15-24(28)26-21-6-2-1-3-7-21/h4-5,8-11,13-14,17,21H,1-3,6-7,12,15-16H2,(H,26,28). The van der Waals surface area contributed by atoms with Gasteiger partial charge in [-0.1, -0.05) is 49.6 Å². The maximum atomic E-state index is 13.2. The van der Waals surface area contributed by atoms with Crippen LogP contribution in [0.1, 0.15) is 49.7 Å². The van der Waals surface area contributed by atoms with Gasteiger partial charge in [0.1, 0.15) is 5.82 Å². The smallest absolute Gasteiger partial charge is 0.220 e. The minimum Gasteiger partial charge on any atom is -0.353 e. The van der Waals surface area contributed by atoms with E-state index in [0.29, 0.717) is 19.0 Å². The van der Waals surface area contributed by atoms with Gasteiger partial charge in [-0.2, -0.15) is 0 Å². The van der Waals surface area contributed by atoms with Crippen molar-refractivity contribution in [1.29, 1.82) is 0 Å². The summed E-state index contributed by atoms with van der Waals surface area (Å²) in [5.74, 6) is -0.0620. The summed E-state index contributed by atoms with van der Waals surface area (Å²) in [4.78, 5) is 12.4. The first-order chi connectivity index (χ1) is 13.7. The largest absolute Gasteiger partial charge is 0.353 e. The Hall–Kier alpha value is -2.62. The van der Waals surface area contributed by atoms with Crippen LogP contribution >= 0.6 is 0 Å². The SMILES string of the molecule is O=C(CCc1cn(Cc2ccc(F)cc2)c2ccccc12)NC1CCCCC1. The van der Waals surface area contributed by atoms with Crippen LogP contribution in [-0.2, 0) is 17.8 Å². The summed E-state index contributed by atoms with van der Waals surface area (Å²) >= 11 is 0. The van der Waals surface area contributed by atoms with Gasteiger partial charge in [0.2, 0.25) is 5.91 Å². The van der Waals surface area contributed by atoms with Crippen LogP contribution in [-0.4, -0.2) is 16.5 Å². The van der Waals surface area contributed by atoms with Crippen LogP contribution in [0.5, 0.6) is 0 Å². The Morgan fingerprint density at radius 3 is 2.57 bits per heavy atom. The Balaban J connectivity index is 1.46. The van der Waals surface area contributed by atoms with Crippen molar-refractivity contribution in [2.45, 2.75) is 57.5 Å². The molecule has 1 saturated carbocycles. The Kier molecular flexibility index (Phi) is 5.75. The fourth-order valence-corrected chi connectivity index (χ4v) is 4.23. The number of amides is 1. The summed E-state index contributed by atoms with van der Waals surface area (Å²) in [6, 6.07) is 15.3. The molecule has 4 rings (SSSR count). The van der Waals surface area contributed by atoms with Crippen LogP contribution in [0.4, 0.5) is 4.39 Å². The molecule has 1 aromatic heterocycles. The summed E-state index contributed by atoms with van der Waals surface area (Å²) in [6.07, 6.45) is 9.35. The minimum atomic E-state index is -0.217. The van der Waals surface area contributed by atoms with E-state index < -0.39 is 0 Å². The number of halogens is 1. The molecule has 0 atom stereocenters. The summed E-state index contributed by atoms with van der Waals surface area (Å²) in [5.41, 5.74) is 3.40. The first-order valence-electron chi connectivity index (χ1n) is 10.3. The van der Waals surface area contributed by atoms with E-state index in [4.69, 9.17) is 0 Å². The lowest BCUT2D eigenvalue weighted by Gasteiger charge is -2.22. The molecule has 1 fully saturated rings. The lowest BCUT2D eigenvalue weighted by Crippen LogP contribution is -2.36. The highest BCUT2D eigenvalue weighted by Gasteiger charge is 2.16. The molecule has 0 aliphatic heterocycles. The molecule has 1 N–H and O–H groups in total. The van der Waals surface area contributed by atoms with E-state index in [1.54, 1.807) is 0 Å². The van der Waals surface area contributed by atoms with Gasteiger partial charge in [0.15, 0.2) is 0 Å². The zero-order valence-electron chi connectivity index (χ0n) is 16.2. The Bertz CT molecular complexity index is 939. The number of benzene rings is 2. The summed E-state index contributed by atoms with van der Waals surface area (Å²) in [7, 11) is 0. The van der Waals surface area contributed by atoms with Crippen LogP contribution in [0.3, 0.4) is 0 Å². The maximum Gasteiger partial charge on any atom is 0.220 e. The number of para-hydroxylation sites is 1. The number of rotatable bonds is 6. The van der Waals surface area contributed by atoms with Gasteiger partial charge in [0.05, 0.1) is 0 Å². The van der Waals surface area contributed by atoms with Crippen molar-refractivity contribution in [3.8, 4) is 0 Å². The van der Waals surface area contributed by atoms with E-state index in [9.17, 15) is 9.18 Å². The van der Waals surface area contributed by atoms with Crippen LogP contribution < -0.4 is 5.32 Å². The third kappa shape index (κ3) is 4.44. The number of aryl methyl sites for hydroxylation is 1. The third-order valence-corrected chi connectivity index (χ3v) is 5.73. The summed E-state index contributed by atoms with van der Waals surface area (Å²) in [6.45, 7) is 0.690. The third-order valence-electron chi connectivity index (χ3n) is 5.73. The van der Waals surface area contributed by atoms with E-state index in [2.05, 4.69) is 28.2 Å². The molecule has 0 bridgehead atoms. The molecule has 1 aliphatic rings. The molecule has 3 aromatic rings. The fraction of sp³-hybridized carbons (Fsp3) is 0.375. The second-order valence-corrected chi connectivity index (χ2v) is 7.83. The predicted octanol–water partition coefficient (Wildman–Crippen LogP) is 5.21. The second-order valence-electron chi connectivity index (χ2n) is 7.83. The Morgan fingerprint density at radius 2 is 1.79 bits per heavy atom. The van der Waals surface area contributed by atoms with E-state index >= 15 is 0 Å². The molecule has 1 amide bonds. The van der Waals surface area contributed by atoms with Crippen molar-refractivity contribution in [3.05, 3.63) is 71.7 Å². The summed E-state index contributed by atoms with van der Waals surface area (Å²) in [5, 5.41) is 4.40. The van der Waals surface area contributed by atoms with E-state index in [0.717, 1.165) is 30.3 Å². The molecular weight excluding hydrogens is 351 g/mol. The maximum absolute atomic E-state index is 13.2. The molecule has 0 radical (unpaired) electrons. The number of hydrogen-bond acceptors (Lipinski definition) is 1. The number of hydrogen-bond donors (Lipinski definition) is 1. The van der Waals surface area contributed by atoms with Crippen LogP contribution in [0.25, 0.3) is 10.9 Å². The topological polar surface area (TPSA) is 34.0 Å². The Morgan fingerprint density at radius 1 is 1.04 bits per heavy atom. The first-order valence-corrected chi connectivity index (χ1v) is 10.3. The zero-order chi connectivity index (χ0) is 19.3. The molecular formula is C24H27FN2O. The van der Waals surface area contributed by atoms with Gasteiger partial charge in [0, 0.05) is 36.1 Å².